The fourth-order valence-corrected chi connectivity index (χ4v) is 4.00. The molecule has 0 unspecified atom stereocenters. The summed E-state index contributed by atoms with van der Waals surface area (Å²) in [6, 6.07) is 3.65. The van der Waals surface area contributed by atoms with E-state index in [-0.39, 0.29) is 23.5 Å². The van der Waals surface area contributed by atoms with Crippen molar-refractivity contribution in [2.24, 2.45) is 5.41 Å². The molecular formula is C22H25NO5. The van der Waals surface area contributed by atoms with Gasteiger partial charge >= 0.3 is 0 Å². The van der Waals surface area contributed by atoms with Crippen LogP contribution in [0.3, 0.4) is 0 Å². The van der Waals surface area contributed by atoms with Gasteiger partial charge in [-0.05, 0) is 30.9 Å². The molecule has 4 rings (SSSR count). The van der Waals surface area contributed by atoms with Crippen LogP contribution < -0.4 is 14.8 Å². The van der Waals surface area contributed by atoms with Gasteiger partial charge < -0.3 is 19.2 Å². The van der Waals surface area contributed by atoms with Crippen molar-refractivity contribution in [1.29, 1.82) is 0 Å². The number of rotatable bonds is 3. The molecule has 6 heteroatoms. The maximum Gasteiger partial charge on any atom is 0.228 e. The zero-order chi connectivity index (χ0) is 20.1. The van der Waals surface area contributed by atoms with Crippen LogP contribution in [0.2, 0.25) is 0 Å². The van der Waals surface area contributed by atoms with Crippen LogP contribution in [0.15, 0.2) is 16.5 Å². The fourth-order valence-electron chi connectivity index (χ4n) is 4.00. The highest BCUT2D eigenvalue weighted by Gasteiger charge is 2.36. The molecule has 1 aliphatic heterocycles. The number of hydrogen-bond acceptors (Lipinski definition) is 5. The van der Waals surface area contributed by atoms with E-state index in [4.69, 9.17) is 13.9 Å². The van der Waals surface area contributed by atoms with Crippen molar-refractivity contribution in [3.8, 4) is 11.5 Å². The Hall–Kier alpha value is -2.76. The molecule has 1 aliphatic carbocycles. The molecule has 28 heavy (non-hydrogen) atoms. The Morgan fingerprint density at radius 3 is 2.50 bits per heavy atom. The lowest BCUT2D eigenvalue weighted by molar-refractivity contribution is -0.115. The average Bonchev–Trinajstić information content (AvgIpc) is 2.89. The van der Waals surface area contributed by atoms with Gasteiger partial charge in [-0.15, -0.1) is 0 Å². The van der Waals surface area contributed by atoms with Crippen LogP contribution in [0.1, 0.15) is 53.3 Å². The Bertz CT molecular complexity index is 970. The number of carbonyl (C=O) groups is 2. The molecular weight excluding hydrogens is 358 g/mol. The van der Waals surface area contributed by atoms with Crippen molar-refractivity contribution in [2.75, 3.05) is 18.5 Å². The van der Waals surface area contributed by atoms with E-state index in [1.54, 1.807) is 6.07 Å². The van der Waals surface area contributed by atoms with Gasteiger partial charge in [0.25, 0.3) is 0 Å². The second-order valence-electron chi connectivity index (χ2n) is 8.41. The van der Waals surface area contributed by atoms with Gasteiger partial charge in [0, 0.05) is 30.2 Å². The van der Waals surface area contributed by atoms with Crippen LogP contribution >= 0.6 is 0 Å². The summed E-state index contributed by atoms with van der Waals surface area (Å²) in [7, 11) is 0. The van der Waals surface area contributed by atoms with Crippen molar-refractivity contribution in [2.45, 2.75) is 47.0 Å². The smallest absolute Gasteiger partial charge is 0.228 e. The highest BCUT2D eigenvalue weighted by Crippen LogP contribution is 2.39. The van der Waals surface area contributed by atoms with Gasteiger partial charge in [-0.2, -0.15) is 0 Å². The molecule has 1 N–H and O–H groups in total. The zero-order valence-electron chi connectivity index (χ0n) is 16.7. The number of Topliss-reactive ketones (excluding diaryl/α,β-unsaturated/α-hetero) is 1. The van der Waals surface area contributed by atoms with Gasteiger partial charge in [-0.1, -0.05) is 13.8 Å². The number of anilines is 1. The van der Waals surface area contributed by atoms with Crippen LogP contribution in [-0.4, -0.2) is 24.9 Å². The van der Waals surface area contributed by atoms with Gasteiger partial charge in [0.15, 0.2) is 17.3 Å². The number of ketones is 1. The van der Waals surface area contributed by atoms with Gasteiger partial charge in [0.05, 0.1) is 12.0 Å². The van der Waals surface area contributed by atoms with E-state index in [9.17, 15) is 9.59 Å². The lowest BCUT2D eigenvalue weighted by Crippen LogP contribution is -2.27. The Labute approximate surface area is 164 Å². The highest BCUT2D eigenvalue weighted by atomic mass is 16.6. The molecule has 0 fully saturated rings. The van der Waals surface area contributed by atoms with Crippen LogP contribution in [0.4, 0.5) is 5.69 Å². The zero-order valence-corrected chi connectivity index (χ0v) is 16.7. The number of carbonyl (C=O) groups excluding carboxylic acids is 2. The van der Waals surface area contributed by atoms with E-state index in [1.807, 2.05) is 19.9 Å². The number of amides is 1. The predicted octanol–water partition coefficient (Wildman–Crippen LogP) is 4.00. The van der Waals surface area contributed by atoms with Crippen molar-refractivity contribution < 1.29 is 23.5 Å². The normalized spacial score (nSPS) is 17.2. The van der Waals surface area contributed by atoms with Crippen molar-refractivity contribution in [3.63, 3.8) is 0 Å². The van der Waals surface area contributed by atoms with E-state index < -0.39 is 0 Å². The number of hydrogen-bond donors (Lipinski definition) is 1. The summed E-state index contributed by atoms with van der Waals surface area (Å²) in [5, 5.41) is 2.94. The topological polar surface area (TPSA) is 77.8 Å². The van der Waals surface area contributed by atoms with Crippen LogP contribution in [0.5, 0.6) is 11.5 Å². The number of fused-ring (bicyclic) bond motifs is 2. The first-order valence-electron chi connectivity index (χ1n) is 9.58. The van der Waals surface area contributed by atoms with E-state index in [0.29, 0.717) is 65.9 Å². The third-order valence-corrected chi connectivity index (χ3v) is 5.34. The van der Waals surface area contributed by atoms with Crippen molar-refractivity contribution in [1.82, 2.24) is 0 Å². The monoisotopic (exact) mass is 383 g/mol. The summed E-state index contributed by atoms with van der Waals surface area (Å²) in [6.07, 6.45) is 1.28. The second kappa shape index (κ2) is 6.69. The molecule has 0 radical (unpaired) electrons. The van der Waals surface area contributed by atoms with Gasteiger partial charge in [-0.3, -0.25) is 9.59 Å². The summed E-state index contributed by atoms with van der Waals surface area (Å²) < 4.78 is 17.0. The molecule has 1 amide bonds. The van der Waals surface area contributed by atoms with Gasteiger partial charge in [0.1, 0.15) is 24.7 Å². The molecule has 1 aromatic carbocycles. The Kier molecular flexibility index (Phi) is 4.44. The highest BCUT2D eigenvalue weighted by molar-refractivity contribution is 6.02. The molecule has 0 bridgehead atoms. The molecule has 2 heterocycles. The Morgan fingerprint density at radius 1 is 1.11 bits per heavy atom. The standard InChI is InChI=1S/C22H25NO5/c1-12-7-17-18(27-6-5-26-17)9-15(12)23-20(25)8-14-13(2)28-19-11-22(3,4)10-16(24)21(14)19/h7,9H,5-6,8,10-11H2,1-4H3,(H,23,25). The molecule has 2 aromatic rings. The first kappa shape index (κ1) is 18.6. The Balaban J connectivity index is 1.56. The second-order valence-corrected chi connectivity index (χ2v) is 8.41. The Morgan fingerprint density at radius 2 is 1.79 bits per heavy atom. The van der Waals surface area contributed by atoms with Crippen LogP contribution in [-0.2, 0) is 17.6 Å². The molecule has 0 atom stereocenters. The van der Waals surface area contributed by atoms with E-state index in [0.717, 1.165) is 5.56 Å². The lowest BCUT2D eigenvalue weighted by Gasteiger charge is -2.27. The largest absolute Gasteiger partial charge is 0.486 e. The number of ether oxygens (including phenoxy) is 2. The lowest BCUT2D eigenvalue weighted by atomic mass is 9.75. The fraction of sp³-hybridized carbons (Fsp3) is 0.455. The number of nitrogens with one attached hydrogen (secondary N) is 1. The van der Waals surface area contributed by atoms with Gasteiger partial charge in [-0.25, -0.2) is 0 Å². The molecule has 0 spiro atoms. The number of benzene rings is 1. The van der Waals surface area contributed by atoms with E-state index in [2.05, 4.69) is 19.2 Å². The quantitative estimate of drug-likeness (QED) is 0.867. The molecule has 1 aromatic heterocycles. The van der Waals surface area contributed by atoms with Crippen molar-refractivity contribution in [3.05, 3.63) is 40.3 Å². The van der Waals surface area contributed by atoms with Gasteiger partial charge in [0.2, 0.25) is 5.91 Å². The van der Waals surface area contributed by atoms with E-state index in [1.165, 1.54) is 0 Å². The summed E-state index contributed by atoms with van der Waals surface area (Å²) in [4.78, 5) is 25.4. The van der Waals surface area contributed by atoms with E-state index >= 15 is 0 Å². The van der Waals surface area contributed by atoms with Crippen LogP contribution in [0.25, 0.3) is 0 Å². The minimum absolute atomic E-state index is 0.0569. The number of furan rings is 1. The SMILES string of the molecule is Cc1cc2c(cc1NC(=O)Cc1c(C)oc3c1C(=O)CC(C)(C)C3)OCCO2. The van der Waals surface area contributed by atoms with Crippen LogP contribution in [0, 0.1) is 19.3 Å². The minimum Gasteiger partial charge on any atom is -0.486 e. The minimum atomic E-state index is -0.191. The maximum absolute atomic E-state index is 12.7. The third kappa shape index (κ3) is 3.39. The third-order valence-electron chi connectivity index (χ3n) is 5.34. The molecule has 0 saturated carbocycles. The number of aryl methyl sites for hydroxylation is 2. The first-order valence-corrected chi connectivity index (χ1v) is 9.58. The summed E-state index contributed by atoms with van der Waals surface area (Å²) in [5.41, 5.74) is 2.75. The molecule has 0 saturated heterocycles. The van der Waals surface area contributed by atoms with Crippen molar-refractivity contribution >= 4 is 17.4 Å². The summed E-state index contributed by atoms with van der Waals surface area (Å²) in [6.45, 7) is 8.85. The molecule has 6 nitrogen and oxygen atoms in total. The molecule has 148 valence electrons. The molecule has 2 aliphatic rings. The maximum atomic E-state index is 12.7. The predicted molar refractivity (Wildman–Crippen MR) is 104 cm³/mol. The summed E-state index contributed by atoms with van der Waals surface area (Å²) >= 11 is 0. The average molecular weight is 383 g/mol. The first-order chi connectivity index (χ1) is 13.2. The summed E-state index contributed by atoms with van der Waals surface area (Å²) in [5.74, 6) is 2.53.